The topological polar surface area (TPSA) is 42.4 Å². The number of benzene rings is 1. The number of rotatable bonds is 4. The lowest BCUT2D eigenvalue weighted by molar-refractivity contribution is 0.191. The summed E-state index contributed by atoms with van der Waals surface area (Å²) >= 11 is 3.13. The number of hydrogen-bond acceptors (Lipinski definition) is 5. The standard InChI is InChI=1S/C12H13NO2S2/c1-8(14)11-9(15-2)4-3-5-10(11)17-12-13-6-7-16-12/h3-8,14H,1-2H3/t8-/m0/s1. The van der Waals surface area contributed by atoms with E-state index in [0.29, 0.717) is 5.75 Å². The molecule has 17 heavy (non-hydrogen) atoms. The van der Waals surface area contributed by atoms with Gasteiger partial charge in [0.05, 0.1) is 13.2 Å². The van der Waals surface area contributed by atoms with E-state index >= 15 is 0 Å². The summed E-state index contributed by atoms with van der Waals surface area (Å²) < 4.78 is 6.23. The molecule has 1 heterocycles. The van der Waals surface area contributed by atoms with Crippen LogP contribution in [0.3, 0.4) is 0 Å². The third-order valence-electron chi connectivity index (χ3n) is 2.27. The van der Waals surface area contributed by atoms with E-state index in [9.17, 15) is 5.11 Å². The monoisotopic (exact) mass is 267 g/mol. The van der Waals surface area contributed by atoms with Gasteiger partial charge in [-0.15, -0.1) is 11.3 Å². The van der Waals surface area contributed by atoms with Crippen LogP contribution in [-0.2, 0) is 0 Å². The van der Waals surface area contributed by atoms with Crippen LogP contribution in [-0.4, -0.2) is 17.2 Å². The van der Waals surface area contributed by atoms with Gasteiger partial charge >= 0.3 is 0 Å². The fourth-order valence-corrected chi connectivity index (χ4v) is 3.38. The normalized spacial score (nSPS) is 12.4. The highest BCUT2D eigenvalue weighted by Crippen LogP contribution is 2.38. The molecule has 3 nitrogen and oxygen atoms in total. The Morgan fingerprint density at radius 3 is 2.88 bits per heavy atom. The molecule has 5 heteroatoms. The summed E-state index contributed by atoms with van der Waals surface area (Å²) in [6.45, 7) is 1.74. The van der Waals surface area contributed by atoms with E-state index in [-0.39, 0.29) is 0 Å². The third-order valence-corrected chi connectivity index (χ3v) is 4.23. The molecule has 1 N–H and O–H groups in total. The molecule has 0 amide bonds. The molecule has 0 bridgehead atoms. The lowest BCUT2D eigenvalue weighted by Crippen LogP contribution is -1.98. The lowest BCUT2D eigenvalue weighted by Gasteiger charge is -2.14. The minimum absolute atomic E-state index is 0.561. The van der Waals surface area contributed by atoms with Crippen LogP contribution in [0.15, 0.2) is 39.0 Å². The van der Waals surface area contributed by atoms with Crippen molar-refractivity contribution in [2.75, 3.05) is 7.11 Å². The van der Waals surface area contributed by atoms with E-state index in [4.69, 9.17) is 4.74 Å². The van der Waals surface area contributed by atoms with E-state index in [1.165, 1.54) is 0 Å². The van der Waals surface area contributed by atoms with Gasteiger partial charge in [-0.3, -0.25) is 0 Å². The van der Waals surface area contributed by atoms with Gasteiger partial charge in [0.25, 0.3) is 0 Å². The fourth-order valence-electron chi connectivity index (χ4n) is 1.56. The van der Waals surface area contributed by atoms with Crippen molar-refractivity contribution < 1.29 is 9.84 Å². The quantitative estimate of drug-likeness (QED) is 0.922. The smallest absolute Gasteiger partial charge is 0.154 e. The minimum atomic E-state index is -0.561. The van der Waals surface area contributed by atoms with Crippen LogP contribution >= 0.6 is 23.1 Å². The summed E-state index contributed by atoms with van der Waals surface area (Å²) in [6, 6.07) is 5.74. The Bertz CT molecular complexity index is 483. The van der Waals surface area contributed by atoms with Crippen LogP contribution in [0.25, 0.3) is 0 Å². The molecule has 0 fully saturated rings. The molecule has 0 aliphatic rings. The predicted octanol–water partition coefficient (Wildman–Crippen LogP) is 3.36. The van der Waals surface area contributed by atoms with Crippen LogP contribution in [0.5, 0.6) is 5.75 Å². The van der Waals surface area contributed by atoms with Crippen molar-refractivity contribution in [1.29, 1.82) is 0 Å². The van der Waals surface area contributed by atoms with Crippen LogP contribution < -0.4 is 4.74 Å². The Morgan fingerprint density at radius 2 is 2.29 bits per heavy atom. The molecule has 0 spiro atoms. The van der Waals surface area contributed by atoms with Gasteiger partial charge in [0.2, 0.25) is 0 Å². The van der Waals surface area contributed by atoms with E-state index in [2.05, 4.69) is 4.98 Å². The number of aliphatic hydroxyl groups is 1. The second-order valence-corrected chi connectivity index (χ2v) is 5.63. The van der Waals surface area contributed by atoms with Crippen molar-refractivity contribution in [2.24, 2.45) is 0 Å². The molecule has 1 aromatic heterocycles. The summed E-state index contributed by atoms with van der Waals surface area (Å²) in [5.41, 5.74) is 0.815. The number of methoxy groups -OCH3 is 1. The lowest BCUT2D eigenvalue weighted by atomic mass is 10.1. The Labute approximate surface area is 108 Å². The van der Waals surface area contributed by atoms with E-state index < -0.39 is 6.10 Å². The number of nitrogens with zero attached hydrogens (tertiary/aromatic N) is 1. The Balaban J connectivity index is 2.39. The van der Waals surface area contributed by atoms with Crippen molar-refractivity contribution in [1.82, 2.24) is 4.98 Å². The molecule has 0 aliphatic carbocycles. The highest BCUT2D eigenvalue weighted by Gasteiger charge is 2.15. The van der Waals surface area contributed by atoms with Crippen molar-refractivity contribution >= 4 is 23.1 Å². The molecule has 0 saturated carbocycles. The molecule has 2 aromatic rings. The van der Waals surface area contributed by atoms with Crippen molar-refractivity contribution in [3.63, 3.8) is 0 Å². The van der Waals surface area contributed by atoms with Crippen LogP contribution in [0, 0.1) is 0 Å². The molecular weight excluding hydrogens is 254 g/mol. The average molecular weight is 267 g/mol. The molecule has 0 radical (unpaired) electrons. The zero-order valence-electron chi connectivity index (χ0n) is 9.58. The molecule has 90 valence electrons. The van der Waals surface area contributed by atoms with E-state index in [1.807, 2.05) is 23.6 Å². The van der Waals surface area contributed by atoms with Gasteiger partial charge in [0.15, 0.2) is 4.34 Å². The number of aliphatic hydroxyl groups excluding tert-OH is 1. The van der Waals surface area contributed by atoms with Gasteiger partial charge in [0, 0.05) is 22.0 Å². The first-order valence-electron chi connectivity index (χ1n) is 5.14. The Morgan fingerprint density at radius 1 is 1.47 bits per heavy atom. The average Bonchev–Trinajstić information content (AvgIpc) is 2.81. The predicted molar refractivity (Wildman–Crippen MR) is 69.9 cm³/mol. The van der Waals surface area contributed by atoms with Gasteiger partial charge in [-0.1, -0.05) is 17.8 Å². The molecule has 0 aliphatic heterocycles. The molecule has 2 rings (SSSR count). The van der Waals surface area contributed by atoms with Gasteiger partial charge in [0.1, 0.15) is 5.75 Å². The van der Waals surface area contributed by atoms with Crippen molar-refractivity contribution in [3.05, 3.63) is 35.3 Å². The molecule has 0 saturated heterocycles. The largest absolute Gasteiger partial charge is 0.496 e. The second-order valence-electron chi connectivity index (χ2n) is 3.45. The highest BCUT2D eigenvalue weighted by atomic mass is 32.2. The SMILES string of the molecule is COc1cccc(Sc2nccs2)c1[C@H](C)O. The highest BCUT2D eigenvalue weighted by molar-refractivity contribution is 8.01. The zero-order chi connectivity index (χ0) is 12.3. The Hall–Kier alpha value is -1.04. The summed E-state index contributed by atoms with van der Waals surface area (Å²) in [7, 11) is 1.61. The van der Waals surface area contributed by atoms with E-state index in [0.717, 1.165) is 14.8 Å². The zero-order valence-corrected chi connectivity index (χ0v) is 11.2. The van der Waals surface area contributed by atoms with Gasteiger partial charge in [-0.05, 0) is 19.1 Å². The first-order valence-corrected chi connectivity index (χ1v) is 6.84. The first kappa shape index (κ1) is 12.4. The molecule has 1 aromatic carbocycles. The number of hydrogen-bond donors (Lipinski definition) is 1. The number of aromatic nitrogens is 1. The molecule has 0 unspecified atom stereocenters. The fraction of sp³-hybridized carbons (Fsp3) is 0.250. The van der Waals surface area contributed by atoms with E-state index in [1.54, 1.807) is 43.3 Å². The van der Waals surface area contributed by atoms with Crippen molar-refractivity contribution in [2.45, 2.75) is 22.3 Å². The summed E-state index contributed by atoms with van der Waals surface area (Å²) in [5, 5.41) is 11.8. The van der Waals surface area contributed by atoms with Crippen molar-refractivity contribution in [3.8, 4) is 5.75 Å². The maximum Gasteiger partial charge on any atom is 0.154 e. The summed E-state index contributed by atoms with van der Waals surface area (Å²) in [6.07, 6.45) is 1.21. The number of thiazole rings is 1. The van der Waals surface area contributed by atoms with Crippen LogP contribution in [0.4, 0.5) is 0 Å². The maximum absolute atomic E-state index is 9.83. The third kappa shape index (κ3) is 2.80. The molecular formula is C12H13NO2S2. The second kappa shape index (κ2) is 5.53. The minimum Gasteiger partial charge on any atom is -0.496 e. The van der Waals surface area contributed by atoms with Gasteiger partial charge in [-0.2, -0.15) is 0 Å². The first-order chi connectivity index (χ1) is 8.22. The Kier molecular flexibility index (Phi) is 4.04. The maximum atomic E-state index is 9.83. The summed E-state index contributed by atoms with van der Waals surface area (Å²) in [4.78, 5) is 5.21. The molecule has 1 atom stereocenters. The summed E-state index contributed by atoms with van der Waals surface area (Å²) in [5.74, 6) is 0.710. The van der Waals surface area contributed by atoms with Crippen LogP contribution in [0.2, 0.25) is 0 Å². The van der Waals surface area contributed by atoms with Crippen LogP contribution in [0.1, 0.15) is 18.6 Å². The van der Waals surface area contributed by atoms with Gasteiger partial charge in [-0.25, -0.2) is 4.98 Å². The van der Waals surface area contributed by atoms with Gasteiger partial charge < -0.3 is 9.84 Å². The number of ether oxygens (including phenoxy) is 1.